The van der Waals surface area contributed by atoms with Crippen molar-refractivity contribution in [1.29, 1.82) is 0 Å². The molecular weight excluding hydrogens is 795 g/mol. The molecule has 20 nitrogen and oxygen atoms in total. The average Bonchev–Trinajstić information content (AvgIpc) is 3.17. The van der Waals surface area contributed by atoms with E-state index in [0.717, 1.165) is 0 Å². The van der Waals surface area contributed by atoms with Gasteiger partial charge in [-0.1, -0.05) is 39.3 Å². The van der Waals surface area contributed by atoms with Crippen LogP contribution in [0.1, 0.15) is 133 Å². The molecule has 8 amide bonds. The smallest absolute Gasteiger partial charge is 0.305 e. The molecule has 0 radical (unpaired) electrons. The number of amides is 8. The summed E-state index contributed by atoms with van der Waals surface area (Å²) in [6, 6.07) is -7.08. The lowest BCUT2D eigenvalue weighted by Gasteiger charge is -2.35. The molecule has 0 fully saturated rings. The topological polar surface area (TPSA) is 330 Å². The number of aliphatic carboxylic acids is 1. The minimum Gasteiger partial charge on any atom is -0.481 e. The van der Waals surface area contributed by atoms with Crippen molar-refractivity contribution in [2.45, 2.75) is 186 Å². The number of carboxylic acid groups (broad SMARTS) is 1. The van der Waals surface area contributed by atoms with Crippen LogP contribution >= 0.6 is 0 Å². The zero-order chi connectivity index (χ0) is 46.9. The standard InChI is InChI=1S/C41H71N9O11/c1-10-23(3)31-36(59)46-27(22-29(53)54)34(57)49-41(9,38(61)50-39(6,7)11-2)21-17-15-13-12-14-16-20-40(8,37(60)44-24(4)32(55)47-31)48-33(56)26(18-19-28(42)52)45-35(58)30(43)25(5)51/h12-13,23-27,30-31,51H,10-11,14-22,43H2,1-9H3,(H2,42,52)(H,44,60)(H,45,58)(H,46,59)(H,47,55)(H,48,56)(H,49,57)(H,50,61)(H,53,54)/b13-12+/t23-,24-,25+,26-,27-,30+,31-,40-,41-/m0/s1. The molecule has 0 aliphatic carbocycles. The molecule has 0 bridgehead atoms. The van der Waals surface area contributed by atoms with Gasteiger partial charge in [0.05, 0.1) is 12.5 Å². The van der Waals surface area contributed by atoms with Gasteiger partial charge in [0.1, 0.15) is 41.3 Å². The first-order chi connectivity index (χ1) is 28.2. The Hall–Kier alpha value is -5.11. The Morgan fingerprint density at radius 1 is 0.918 bits per heavy atom. The van der Waals surface area contributed by atoms with E-state index in [1.54, 1.807) is 13.8 Å². The van der Waals surface area contributed by atoms with Crippen LogP contribution in [0, 0.1) is 5.92 Å². The van der Waals surface area contributed by atoms with Gasteiger partial charge < -0.3 is 58.9 Å². The van der Waals surface area contributed by atoms with E-state index in [1.165, 1.54) is 27.7 Å². The maximum absolute atomic E-state index is 14.0. The Morgan fingerprint density at radius 2 is 1.51 bits per heavy atom. The minimum absolute atomic E-state index is 0.0211. The Bertz CT molecular complexity index is 1620. The molecule has 0 saturated carbocycles. The Balaban J connectivity index is 3.70. The number of carbonyl (C=O) groups is 9. The van der Waals surface area contributed by atoms with Gasteiger partial charge in [-0.25, -0.2) is 0 Å². The summed E-state index contributed by atoms with van der Waals surface area (Å²) in [4.78, 5) is 119. The molecule has 0 spiro atoms. The maximum Gasteiger partial charge on any atom is 0.305 e. The zero-order valence-electron chi connectivity index (χ0n) is 37.2. The number of nitrogens with two attached hydrogens (primary N) is 2. The van der Waals surface area contributed by atoms with Gasteiger partial charge in [0.2, 0.25) is 47.3 Å². The molecule has 1 aliphatic rings. The van der Waals surface area contributed by atoms with Crippen LogP contribution in [0.3, 0.4) is 0 Å². The fourth-order valence-corrected chi connectivity index (χ4v) is 6.19. The highest BCUT2D eigenvalue weighted by molar-refractivity contribution is 5.99. The number of aliphatic hydroxyl groups excluding tert-OH is 1. The lowest BCUT2D eigenvalue weighted by molar-refractivity contribution is -0.142. The van der Waals surface area contributed by atoms with E-state index in [-0.39, 0.29) is 25.7 Å². The number of carboxylic acids is 1. The monoisotopic (exact) mass is 866 g/mol. The van der Waals surface area contributed by atoms with Gasteiger partial charge in [0, 0.05) is 12.0 Å². The molecule has 0 aromatic rings. The molecule has 0 aromatic carbocycles. The summed E-state index contributed by atoms with van der Waals surface area (Å²) in [7, 11) is 0. The predicted molar refractivity (Wildman–Crippen MR) is 226 cm³/mol. The third-order valence-electron chi connectivity index (χ3n) is 11.1. The van der Waals surface area contributed by atoms with Gasteiger partial charge in [0.15, 0.2) is 0 Å². The van der Waals surface area contributed by atoms with Crippen LogP contribution in [0.2, 0.25) is 0 Å². The number of carbonyl (C=O) groups excluding carboxylic acids is 8. The van der Waals surface area contributed by atoms with Crippen molar-refractivity contribution in [1.82, 2.24) is 37.2 Å². The molecule has 0 aromatic heterocycles. The summed E-state index contributed by atoms with van der Waals surface area (Å²) in [6.45, 7) is 14.5. The molecule has 346 valence electrons. The van der Waals surface area contributed by atoms with Crippen molar-refractivity contribution in [2.24, 2.45) is 17.4 Å². The zero-order valence-corrected chi connectivity index (χ0v) is 37.2. The van der Waals surface area contributed by atoms with E-state index >= 15 is 0 Å². The van der Waals surface area contributed by atoms with Gasteiger partial charge in [-0.05, 0) is 98.8 Å². The molecule has 1 rings (SSSR count). The SMILES string of the molecule is CC[C@H](C)[C@@H]1NC(=O)[C@H](C)NC(=O)[C@@](C)(NC(=O)[C@H](CCC(N)=O)NC(=O)[C@H](N)[C@@H](C)O)CCC/C=C/CCC[C@@](C)(C(=O)NC(C)(C)CC)NC(=O)[C@H](CC(=O)O)NC1=O. The summed E-state index contributed by atoms with van der Waals surface area (Å²) >= 11 is 0. The van der Waals surface area contributed by atoms with Crippen LogP contribution in [0.15, 0.2) is 12.2 Å². The molecule has 0 unspecified atom stereocenters. The number of primary amides is 1. The first-order valence-electron chi connectivity index (χ1n) is 21.0. The van der Waals surface area contributed by atoms with Crippen molar-refractivity contribution in [2.75, 3.05) is 0 Å². The van der Waals surface area contributed by atoms with Gasteiger partial charge in [-0.15, -0.1) is 0 Å². The highest BCUT2D eigenvalue weighted by Crippen LogP contribution is 2.21. The second-order valence-electron chi connectivity index (χ2n) is 17.1. The van der Waals surface area contributed by atoms with Crippen molar-refractivity contribution < 1.29 is 53.4 Å². The highest BCUT2D eigenvalue weighted by atomic mass is 16.4. The number of hydrogen-bond donors (Lipinski definition) is 11. The summed E-state index contributed by atoms with van der Waals surface area (Å²) < 4.78 is 0. The Morgan fingerprint density at radius 3 is 2.03 bits per heavy atom. The molecule has 1 heterocycles. The normalized spacial score (nSPS) is 26.5. The van der Waals surface area contributed by atoms with Crippen LogP contribution in [0.25, 0.3) is 0 Å². The number of allylic oxidation sites excluding steroid dienone is 2. The largest absolute Gasteiger partial charge is 0.481 e. The van der Waals surface area contributed by atoms with E-state index in [4.69, 9.17) is 11.5 Å². The van der Waals surface area contributed by atoms with Gasteiger partial charge >= 0.3 is 5.97 Å². The lowest BCUT2D eigenvalue weighted by atomic mass is 9.90. The highest BCUT2D eigenvalue weighted by Gasteiger charge is 2.41. The molecule has 9 atom stereocenters. The number of nitrogens with one attached hydrogen (secondary N) is 7. The van der Waals surface area contributed by atoms with E-state index in [9.17, 15) is 53.4 Å². The molecule has 0 saturated heterocycles. The quantitative estimate of drug-likeness (QED) is 0.0921. The van der Waals surface area contributed by atoms with Crippen molar-refractivity contribution in [3.63, 3.8) is 0 Å². The molecule has 20 heteroatoms. The second-order valence-corrected chi connectivity index (χ2v) is 17.1. The fourth-order valence-electron chi connectivity index (χ4n) is 6.19. The molecule has 61 heavy (non-hydrogen) atoms. The lowest BCUT2D eigenvalue weighted by Crippen LogP contribution is -2.65. The fraction of sp³-hybridized carbons (Fsp3) is 0.732. The first kappa shape index (κ1) is 53.9. The minimum atomic E-state index is -1.72. The van der Waals surface area contributed by atoms with Crippen molar-refractivity contribution in [3.8, 4) is 0 Å². The van der Waals surface area contributed by atoms with Crippen LogP contribution in [0.4, 0.5) is 0 Å². The summed E-state index contributed by atoms with van der Waals surface area (Å²) in [6.07, 6.45) is 3.68. The number of hydrogen-bond acceptors (Lipinski definition) is 11. The van der Waals surface area contributed by atoms with Gasteiger partial charge in [-0.2, -0.15) is 0 Å². The summed E-state index contributed by atoms with van der Waals surface area (Å²) in [5, 5.41) is 37.9. The molecule has 13 N–H and O–H groups in total. The van der Waals surface area contributed by atoms with Crippen LogP contribution < -0.4 is 48.7 Å². The third-order valence-corrected chi connectivity index (χ3v) is 11.1. The van der Waals surface area contributed by atoms with Crippen molar-refractivity contribution in [3.05, 3.63) is 12.2 Å². The average molecular weight is 866 g/mol. The Kier molecular flexibility index (Phi) is 21.5. The van der Waals surface area contributed by atoms with Crippen molar-refractivity contribution >= 4 is 53.2 Å². The van der Waals surface area contributed by atoms with E-state index in [1.807, 2.05) is 32.9 Å². The number of rotatable bonds is 15. The molecule has 1 aliphatic heterocycles. The van der Waals surface area contributed by atoms with Crippen LogP contribution in [-0.4, -0.2) is 116 Å². The maximum atomic E-state index is 14.0. The van der Waals surface area contributed by atoms with Crippen LogP contribution in [0.5, 0.6) is 0 Å². The van der Waals surface area contributed by atoms with Gasteiger partial charge in [-0.3, -0.25) is 43.2 Å². The van der Waals surface area contributed by atoms with E-state index in [2.05, 4.69) is 37.2 Å². The predicted octanol–water partition coefficient (Wildman–Crippen LogP) is -0.595. The summed E-state index contributed by atoms with van der Waals surface area (Å²) in [5.74, 6) is -8.41. The first-order valence-corrected chi connectivity index (χ1v) is 21.0. The third kappa shape index (κ3) is 17.8. The van der Waals surface area contributed by atoms with E-state index < -0.39 is 118 Å². The van der Waals surface area contributed by atoms with Crippen LogP contribution in [-0.2, 0) is 43.2 Å². The molecular formula is C41H71N9O11. The second kappa shape index (κ2) is 24.4. The van der Waals surface area contributed by atoms with Gasteiger partial charge in [0.25, 0.3) is 0 Å². The van der Waals surface area contributed by atoms with E-state index in [0.29, 0.717) is 38.5 Å². The Labute approximate surface area is 358 Å². The number of aliphatic hydroxyl groups is 1. The summed E-state index contributed by atoms with van der Waals surface area (Å²) in [5.41, 5.74) is 7.19.